The smallest absolute Gasteiger partial charge is 0.317 e. The first-order chi connectivity index (χ1) is 60.1. The van der Waals surface area contributed by atoms with Crippen LogP contribution in [-0.2, 0) is 86.0 Å². The molecule has 50 heteroatoms. The fraction of sp³-hybridized carbons (Fsp3) is 0.844. The predicted octanol–water partition coefficient (Wildman–Crippen LogP) is -10.6. The van der Waals surface area contributed by atoms with Crippen LogP contribution in [0, 0.1) is 0 Å². The molecule has 6 rings (SSSR count). The number of carbonyl (C=O) groups is 12. The van der Waals surface area contributed by atoms with Crippen molar-refractivity contribution in [3.05, 3.63) is 0 Å². The molecule has 5 heterocycles. The van der Waals surface area contributed by atoms with E-state index in [4.69, 9.17) is 28.4 Å². The van der Waals surface area contributed by atoms with Gasteiger partial charge >= 0.3 is 71.6 Å². The van der Waals surface area contributed by atoms with Gasteiger partial charge in [0.05, 0.1) is 129 Å². The second kappa shape index (κ2) is 56.4. The maximum atomic E-state index is 12.5. The minimum absolute atomic E-state index is 0.0525. The molecule has 6 aliphatic rings. The summed E-state index contributed by atoms with van der Waals surface area (Å²) in [5.41, 5.74) is 0. The molecule has 10 atom stereocenters. The van der Waals surface area contributed by atoms with E-state index in [-0.39, 0.29) is 236 Å². The number of nitrogens with zero attached hydrogens (tertiary/aromatic N) is 16. The van der Waals surface area contributed by atoms with Crippen molar-refractivity contribution in [1.29, 1.82) is 0 Å². The summed E-state index contributed by atoms with van der Waals surface area (Å²) >= 11 is 0. The lowest BCUT2D eigenvalue weighted by Gasteiger charge is -2.47. The van der Waals surface area contributed by atoms with Gasteiger partial charge in [0.1, 0.15) is 36.6 Å². The number of hydrogen-bond donors (Lipinski definition) is 16. The second-order valence-corrected chi connectivity index (χ2v) is 33.6. The SMILES string of the molecule is CC1(C)OC2C(OCC(O)CN3CCN(CC(=O)O)CCN(CC(=O)O)CCN(CC(=O)O)CC3)C(OCC(O)CN3CCN(CC(=O)O)CCN(CC(=O)O)CCN(CC(=O)O)CC3)C(OCC(O)CN3CCN(CC(=O)O)CCN(CC(=O)O)CCN(CC(=O)O)CC3)C(OCC(O)CN3CCN(CC(=O)O)CCN(CC(=O)O)CCN(CC(=O)O)CC3)C2O1. The summed E-state index contributed by atoms with van der Waals surface area (Å²) in [7, 11) is 0. The number of carboxylic acid groups (broad SMARTS) is 12. The fourth-order valence-electron chi connectivity index (χ4n) is 16.4. The summed E-state index contributed by atoms with van der Waals surface area (Å²) in [5.74, 6) is -15.6. The van der Waals surface area contributed by atoms with Crippen LogP contribution in [0.4, 0.5) is 0 Å². The van der Waals surface area contributed by atoms with E-state index < -0.39 is 243 Å². The highest BCUT2D eigenvalue weighted by atomic mass is 16.8. The molecule has 6 fully saturated rings. The van der Waals surface area contributed by atoms with Crippen molar-refractivity contribution in [3.63, 3.8) is 0 Å². The van der Waals surface area contributed by atoms with Gasteiger partial charge in [0.2, 0.25) is 0 Å². The topological polar surface area (TPSA) is 636 Å². The number of aliphatic hydroxyl groups is 4. The highest BCUT2D eigenvalue weighted by Gasteiger charge is 2.61. The van der Waals surface area contributed by atoms with Gasteiger partial charge in [-0.1, -0.05) is 0 Å². The molecule has 0 aromatic heterocycles. The Morgan fingerprint density at radius 3 is 0.449 bits per heavy atom. The van der Waals surface area contributed by atoms with Gasteiger partial charge in [-0.15, -0.1) is 0 Å². The van der Waals surface area contributed by atoms with Gasteiger partial charge in [-0.05, 0) is 13.8 Å². The number of rotatable bonds is 44. The number of carboxylic acids is 12. The van der Waals surface area contributed by atoms with E-state index in [9.17, 15) is 139 Å². The molecule has 0 spiro atoms. The Hall–Kier alpha value is -7.40. The zero-order chi connectivity index (χ0) is 93.5. The minimum atomic E-state index is -1.57. The average molecular weight is 1830 g/mol. The second-order valence-electron chi connectivity index (χ2n) is 33.6. The summed E-state index contributed by atoms with van der Waals surface area (Å²) in [6.45, 7) is -2.96. The molecule has 0 radical (unpaired) electrons. The van der Waals surface area contributed by atoms with Crippen molar-refractivity contribution >= 4 is 71.6 Å². The molecule has 0 amide bonds. The molecular weight excluding hydrogens is 1690 g/mol. The first-order valence-electron chi connectivity index (χ1n) is 42.8. The van der Waals surface area contributed by atoms with Crippen LogP contribution in [0.5, 0.6) is 0 Å². The standard InChI is InChI=1S/C77H136N16O34/c1-77(2)126-75-73(124-53-57(96)37-80-7-15-86(43-63(106)107)23-31-92(49-69(118)119)32-24-87(16-8-80)44-64(108)109)71(122-51-55(94)35-78-3-11-82(39-59(98)99)19-27-90(47-67(114)115)28-20-83(12-4-78)40-60(100)101)72(123-52-56(95)36-79-5-13-84(41-61(102)103)21-29-91(48-68(116)117)30-22-85(14-6-79)42-62(104)105)74(76(75)127-77)125-54-58(97)38-81-9-17-88(45-65(110)111)25-33-93(50-70(120)121)34-26-89(18-10-81)46-66(112)113/h55-58,71-76,94-97H,3-54H2,1-2H3,(H,98,99)(H,100,101)(H,102,103)(H,104,105)(H,106,107)(H,108,109)(H,110,111)(H,112,113)(H,114,115)(H,116,117)(H,118,119)(H,120,121). The van der Waals surface area contributed by atoms with Crippen LogP contribution in [0.2, 0.25) is 0 Å². The molecule has 5 saturated heterocycles. The van der Waals surface area contributed by atoms with E-state index in [1.807, 2.05) is 0 Å². The Balaban J connectivity index is 1.45. The predicted molar refractivity (Wildman–Crippen MR) is 441 cm³/mol. The molecule has 0 bridgehead atoms. The number of fused-ring (bicyclic) bond motifs is 1. The van der Waals surface area contributed by atoms with E-state index in [2.05, 4.69) is 0 Å². The largest absolute Gasteiger partial charge is 0.480 e. The maximum Gasteiger partial charge on any atom is 0.317 e. The van der Waals surface area contributed by atoms with E-state index >= 15 is 0 Å². The number of hydrogen-bond acceptors (Lipinski definition) is 38. The van der Waals surface area contributed by atoms with Gasteiger partial charge in [-0.25, -0.2) is 0 Å². The quantitative estimate of drug-likeness (QED) is 0.0269. The summed E-state index contributed by atoms with van der Waals surface area (Å²) in [6, 6.07) is 0. The van der Waals surface area contributed by atoms with Crippen molar-refractivity contribution in [3.8, 4) is 0 Å². The van der Waals surface area contributed by atoms with E-state index in [1.54, 1.807) is 92.2 Å². The van der Waals surface area contributed by atoms with Crippen LogP contribution >= 0.6 is 0 Å². The fourth-order valence-corrected chi connectivity index (χ4v) is 16.4. The Bertz CT molecular complexity index is 3090. The van der Waals surface area contributed by atoms with Gasteiger partial charge in [0, 0.05) is 236 Å². The maximum absolute atomic E-state index is 12.5. The first kappa shape index (κ1) is 108. The molecular formula is C77H136N16O34. The third-order valence-corrected chi connectivity index (χ3v) is 22.6. The van der Waals surface area contributed by atoms with Crippen molar-refractivity contribution in [2.75, 3.05) is 341 Å². The summed E-state index contributed by atoms with van der Waals surface area (Å²) in [4.78, 5) is 172. The van der Waals surface area contributed by atoms with Crippen molar-refractivity contribution < 1.29 is 168 Å². The zero-order valence-corrected chi connectivity index (χ0v) is 72.7. The van der Waals surface area contributed by atoms with Crippen molar-refractivity contribution in [1.82, 2.24) is 78.4 Å². The van der Waals surface area contributed by atoms with Gasteiger partial charge in [-0.2, -0.15) is 0 Å². The molecule has 10 unspecified atom stereocenters. The van der Waals surface area contributed by atoms with Crippen molar-refractivity contribution in [2.45, 2.75) is 80.7 Å². The van der Waals surface area contributed by atoms with Crippen LogP contribution in [-0.4, -0.2) is 639 Å². The molecule has 50 nitrogen and oxygen atoms in total. The van der Waals surface area contributed by atoms with E-state index in [0.717, 1.165) is 0 Å². The lowest BCUT2D eigenvalue weighted by molar-refractivity contribution is -0.256. The van der Waals surface area contributed by atoms with Gasteiger partial charge in [-0.3, -0.25) is 136 Å². The number of aliphatic carboxylic acids is 12. The Labute approximate surface area is 736 Å². The van der Waals surface area contributed by atoms with Crippen LogP contribution in [0.25, 0.3) is 0 Å². The van der Waals surface area contributed by atoms with Crippen LogP contribution in [0.3, 0.4) is 0 Å². The van der Waals surface area contributed by atoms with Crippen LogP contribution in [0.15, 0.2) is 0 Å². The number of ether oxygens (including phenoxy) is 6. The molecule has 1 aliphatic carbocycles. The normalized spacial score (nSPS) is 25.3. The van der Waals surface area contributed by atoms with Crippen LogP contribution in [0.1, 0.15) is 13.8 Å². The van der Waals surface area contributed by atoms with Crippen molar-refractivity contribution in [2.24, 2.45) is 0 Å². The van der Waals surface area contributed by atoms with Gasteiger partial charge in [0.15, 0.2) is 5.79 Å². The molecule has 5 aliphatic heterocycles. The summed E-state index contributed by atoms with van der Waals surface area (Å²) in [5, 5.41) is 169. The summed E-state index contributed by atoms with van der Waals surface area (Å²) in [6.07, 6.45) is -14.6. The van der Waals surface area contributed by atoms with E-state index in [0.29, 0.717) is 0 Å². The van der Waals surface area contributed by atoms with Gasteiger partial charge < -0.3 is 110 Å². The third-order valence-electron chi connectivity index (χ3n) is 22.6. The number of β-amino-alcohol motifs (C(OH)–C–C–N with tert-alkyl or cyclic N) is 4. The minimum Gasteiger partial charge on any atom is -0.480 e. The lowest BCUT2D eigenvalue weighted by atomic mass is 9.84. The van der Waals surface area contributed by atoms with Crippen LogP contribution < -0.4 is 0 Å². The molecule has 1 saturated carbocycles. The number of aliphatic hydroxyl groups excluding tert-OH is 4. The Morgan fingerprint density at radius 1 is 0.220 bits per heavy atom. The third kappa shape index (κ3) is 44.4. The average Bonchev–Trinajstić information content (AvgIpc) is 1.61. The first-order valence-corrected chi connectivity index (χ1v) is 42.8. The molecule has 0 aromatic rings. The Kier molecular flexibility index (Phi) is 48.1. The Morgan fingerprint density at radius 2 is 0.331 bits per heavy atom. The highest BCUT2D eigenvalue weighted by molar-refractivity contribution is 5.73. The zero-order valence-electron chi connectivity index (χ0n) is 72.7. The van der Waals surface area contributed by atoms with E-state index in [1.165, 1.54) is 0 Å². The summed E-state index contributed by atoms with van der Waals surface area (Å²) < 4.78 is 41.2. The molecule has 16 N–H and O–H groups in total. The molecule has 127 heavy (non-hydrogen) atoms. The monoisotopic (exact) mass is 1830 g/mol. The van der Waals surface area contributed by atoms with Gasteiger partial charge in [0.25, 0.3) is 0 Å². The molecule has 0 aromatic carbocycles. The lowest BCUT2D eigenvalue weighted by Crippen LogP contribution is -2.66. The molecule has 728 valence electrons. The highest BCUT2D eigenvalue weighted by Crippen LogP contribution is 2.42.